The summed E-state index contributed by atoms with van der Waals surface area (Å²) in [5.74, 6) is 0. The van der Waals surface area contributed by atoms with E-state index < -0.39 is 0 Å². The molecular weight excluding hydrogens is 155 g/mol. The summed E-state index contributed by atoms with van der Waals surface area (Å²) in [6.07, 6.45) is 0. The van der Waals surface area contributed by atoms with Crippen LogP contribution in [0, 0.1) is 0 Å². The van der Waals surface area contributed by atoms with Gasteiger partial charge in [-0.05, 0) is 20.9 Å². The van der Waals surface area contributed by atoms with E-state index in [0.29, 0.717) is 9.27 Å². The van der Waals surface area contributed by atoms with Gasteiger partial charge in [-0.3, -0.25) is 0 Å². The van der Waals surface area contributed by atoms with Crippen molar-refractivity contribution in [3.63, 3.8) is 0 Å². The zero-order valence-electron chi connectivity index (χ0n) is 3.44. The SMILES string of the molecule is ClN1N=NN=NN1Cl. The van der Waals surface area contributed by atoms with E-state index in [1.54, 1.807) is 0 Å². The molecule has 0 fully saturated rings. The topological polar surface area (TPSA) is 55.9 Å². The Morgan fingerprint density at radius 2 is 1.25 bits per heavy atom. The van der Waals surface area contributed by atoms with Crippen LogP contribution in [0.4, 0.5) is 0 Å². The Balaban J connectivity index is 2.59. The Morgan fingerprint density at radius 1 is 0.875 bits per heavy atom. The molecule has 0 saturated carbocycles. The van der Waals surface area contributed by atoms with Gasteiger partial charge in [0.1, 0.15) is 0 Å². The molecule has 8 heavy (non-hydrogen) atoms. The van der Waals surface area contributed by atoms with E-state index in [1.807, 2.05) is 0 Å². The lowest BCUT2D eigenvalue weighted by atomic mass is 12.2. The zero-order valence-corrected chi connectivity index (χ0v) is 4.95. The van der Waals surface area contributed by atoms with Crippen molar-refractivity contribution >= 4 is 23.6 Å². The van der Waals surface area contributed by atoms with Gasteiger partial charge in [0, 0.05) is 0 Å². The van der Waals surface area contributed by atoms with Gasteiger partial charge in [-0.2, -0.15) is 0 Å². The fourth-order valence-electron chi connectivity index (χ4n) is 0.168. The highest BCUT2D eigenvalue weighted by Gasteiger charge is 2.07. The number of hydrogen-bond acceptors (Lipinski definition) is 6. The molecule has 0 aromatic rings. The van der Waals surface area contributed by atoms with E-state index in [9.17, 15) is 0 Å². The molecule has 0 saturated heterocycles. The van der Waals surface area contributed by atoms with Crippen LogP contribution in [-0.4, -0.2) is 9.27 Å². The highest BCUT2D eigenvalue weighted by atomic mass is 35.5. The molecule has 0 radical (unpaired) electrons. The molecule has 0 unspecified atom stereocenters. The summed E-state index contributed by atoms with van der Waals surface area (Å²) in [7, 11) is 0. The van der Waals surface area contributed by atoms with Gasteiger partial charge in [0.15, 0.2) is 0 Å². The first kappa shape index (κ1) is 5.52. The summed E-state index contributed by atoms with van der Waals surface area (Å²) >= 11 is 10.4. The normalized spacial score (nSPS) is 17.8. The predicted octanol–water partition coefficient (Wildman–Crippen LogP) is 1.48. The summed E-state index contributed by atoms with van der Waals surface area (Å²) < 4.78 is 1.41. The highest BCUT2D eigenvalue weighted by Crippen LogP contribution is 2.11. The molecule has 1 rings (SSSR count). The molecule has 1 aliphatic heterocycles. The van der Waals surface area contributed by atoms with Crippen molar-refractivity contribution in [3.8, 4) is 0 Å². The minimum Gasteiger partial charge on any atom is -0.0526 e. The first-order valence-corrected chi connectivity index (χ1v) is 2.21. The van der Waals surface area contributed by atoms with Gasteiger partial charge in [-0.15, -0.1) is 0 Å². The molecule has 0 aliphatic carbocycles. The average Bonchev–Trinajstić information content (AvgIpc) is 1.77. The van der Waals surface area contributed by atoms with Gasteiger partial charge in [-0.25, -0.2) is 0 Å². The number of hydrazine groups is 1. The predicted molar refractivity (Wildman–Crippen MR) is 25.1 cm³/mol. The van der Waals surface area contributed by atoms with Crippen molar-refractivity contribution in [2.24, 2.45) is 20.9 Å². The second-order valence-corrected chi connectivity index (χ2v) is 1.44. The summed E-state index contributed by atoms with van der Waals surface area (Å²) in [6, 6.07) is 0. The van der Waals surface area contributed by atoms with E-state index in [-0.39, 0.29) is 0 Å². The Hall–Kier alpha value is -0.620. The lowest BCUT2D eigenvalue weighted by Crippen LogP contribution is -2.17. The minimum atomic E-state index is 0.703. The molecule has 44 valence electrons. The maximum absolute atomic E-state index is 5.18. The number of rotatable bonds is 0. The molecule has 6 nitrogen and oxygen atoms in total. The first-order chi connectivity index (χ1) is 3.80. The molecule has 0 bridgehead atoms. The van der Waals surface area contributed by atoms with Crippen LogP contribution in [0.15, 0.2) is 20.9 Å². The lowest BCUT2D eigenvalue weighted by molar-refractivity contribution is 0.139. The van der Waals surface area contributed by atoms with Crippen LogP contribution in [0.25, 0.3) is 0 Å². The number of hydrogen-bond donors (Lipinski definition) is 0. The fourth-order valence-corrected chi connectivity index (χ4v) is 0.289. The van der Waals surface area contributed by atoms with Gasteiger partial charge in [0.05, 0.1) is 23.6 Å². The van der Waals surface area contributed by atoms with E-state index in [1.165, 1.54) is 0 Å². The van der Waals surface area contributed by atoms with Crippen LogP contribution in [0.1, 0.15) is 0 Å². The minimum absolute atomic E-state index is 0.703. The largest absolute Gasteiger partial charge is 0.0622 e. The summed E-state index contributed by atoms with van der Waals surface area (Å²) in [6.45, 7) is 0. The number of halogens is 2. The molecule has 0 aromatic carbocycles. The third-order valence-electron chi connectivity index (χ3n) is 0.404. The molecule has 8 heteroatoms. The van der Waals surface area contributed by atoms with Crippen LogP contribution in [0.5, 0.6) is 0 Å². The van der Waals surface area contributed by atoms with E-state index in [4.69, 9.17) is 23.6 Å². The van der Waals surface area contributed by atoms with Crippen molar-refractivity contribution in [2.45, 2.75) is 0 Å². The maximum atomic E-state index is 5.18. The highest BCUT2D eigenvalue weighted by molar-refractivity contribution is 6.18. The molecular formula is Cl2N6. The molecule has 0 amide bonds. The smallest absolute Gasteiger partial charge is 0.0526 e. The standard InChI is InChI=1S/Cl2N6/c1-7-5-3-4-6-8(7)2. The van der Waals surface area contributed by atoms with Crippen LogP contribution in [-0.2, 0) is 0 Å². The lowest BCUT2D eigenvalue weighted by Gasteiger charge is -2.11. The van der Waals surface area contributed by atoms with E-state index in [0.717, 1.165) is 0 Å². The molecule has 0 atom stereocenters. The van der Waals surface area contributed by atoms with Crippen molar-refractivity contribution in [3.05, 3.63) is 0 Å². The van der Waals surface area contributed by atoms with Gasteiger partial charge < -0.3 is 0 Å². The van der Waals surface area contributed by atoms with Crippen LogP contribution >= 0.6 is 23.6 Å². The van der Waals surface area contributed by atoms with Crippen LogP contribution in [0.2, 0.25) is 0 Å². The van der Waals surface area contributed by atoms with Gasteiger partial charge in [0.2, 0.25) is 0 Å². The monoisotopic (exact) mass is 154 g/mol. The Labute approximate surface area is 54.5 Å². The summed E-state index contributed by atoms with van der Waals surface area (Å²) in [5.41, 5.74) is 0. The van der Waals surface area contributed by atoms with Crippen molar-refractivity contribution in [1.29, 1.82) is 0 Å². The van der Waals surface area contributed by atoms with Crippen LogP contribution < -0.4 is 0 Å². The Kier molecular flexibility index (Phi) is 1.45. The zero-order chi connectivity index (χ0) is 5.98. The van der Waals surface area contributed by atoms with Crippen molar-refractivity contribution in [1.82, 2.24) is 9.27 Å². The van der Waals surface area contributed by atoms with Gasteiger partial charge in [0.25, 0.3) is 0 Å². The van der Waals surface area contributed by atoms with Crippen molar-refractivity contribution in [2.75, 3.05) is 0 Å². The molecule has 0 N–H and O–H groups in total. The molecule has 0 spiro atoms. The van der Waals surface area contributed by atoms with E-state index >= 15 is 0 Å². The molecule has 1 heterocycles. The quantitative estimate of drug-likeness (QED) is 0.497. The van der Waals surface area contributed by atoms with E-state index in [2.05, 4.69) is 20.9 Å². The third kappa shape index (κ3) is 0.958. The second kappa shape index (κ2) is 2.10. The fraction of sp³-hybridized carbons (Fsp3) is 0. The Morgan fingerprint density at radius 3 is 1.50 bits per heavy atom. The molecule has 1 aliphatic rings. The van der Waals surface area contributed by atoms with Crippen LogP contribution in [0.3, 0.4) is 0 Å². The average molecular weight is 155 g/mol. The number of nitrogens with zero attached hydrogens (tertiary/aromatic N) is 6. The van der Waals surface area contributed by atoms with Crippen molar-refractivity contribution < 1.29 is 0 Å². The second-order valence-electron chi connectivity index (χ2n) is 0.839. The summed E-state index contributed by atoms with van der Waals surface area (Å²) in [4.78, 5) is 0. The maximum Gasteiger partial charge on any atom is 0.0622 e. The molecule has 0 aromatic heterocycles. The van der Waals surface area contributed by atoms with Gasteiger partial charge in [-0.1, -0.05) is 9.27 Å². The Bertz CT molecular complexity index is 110. The first-order valence-electron chi connectivity index (χ1n) is 1.54. The summed E-state index contributed by atoms with van der Waals surface area (Å²) in [5, 5.41) is 12.5. The third-order valence-corrected chi connectivity index (χ3v) is 0.903. The van der Waals surface area contributed by atoms with Gasteiger partial charge >= 0.3 is 0 Å².